The van der Waals surface area contributed by atoms with Crippen LogP contribution in [0.15, 0.2) is 0 Å². The lowest BCUT2D eigenvalue weighted by Gasteiger charge is -1.94. The molecule has 0 aromatic rings. The summed E-state index contributed by atoms with van der Waals surface area (Å²) in [7, 11) is 0. The smallest absolute Gasteiger partial charge is 0.0641 e. The normalized spacial score (nSPS) is 42.0. The first-order chi connectivity index (χ1) is 3.29. The van der Waals surface area contributed by atoms with Crippen molar-refractivity contribution in [1.29, 1.82) is 0 Å². The number of rotatable bonds is 0. The van der Waals surface area contributed by atoms with E-state index < -0.39 is 0 Å². The molecule has 1 N–H and O–H groups in total. The van der Waals surface area contributed by atoms with Crippen LogP contribution in [0.4, 0.5) is 0 Å². The Morgan fingerprint density at radius 1 is 1.71 bits per heavy atom. The van der Waals surface area contributed by atoms with Crippen LogP contribution in [0.3, 0.4) is 0 Å². The molecule has 1 aliphatic heterocycles. The van der Waals surface area contributed by atoms with Crippen molar-refractivity contribution in [3.63, 3.8) is 0 Å². The molecule has 0 saturated carbocycles. The van der Waals surface area contributed by atoms with Crippen molar-refractivity contribution in [2.24, 2.45) is 0 Å². The van der Waals surface area contributed by atoms with Crippen LogP contribution in [0.25, 0.3) is 0 Å². The maximum atomic E-state index is 8.88. The largest absolute Gasteiger partial charge is 0.392 e. The molecule has 1 heterocycles. The highest BCUT2D eigenvalue weighted by atomic mass is 32.2. The molecule has 2 heteroatoms. The van der Waals surface area contributed by atoms with E-state index in [2.05, 4.69) is 6.92 Å². The molecule has 0 amide bonds. The summed E-state index contributed by atoms with van der Waals surface area (Å²) in [5, 5.41) is 9.57. The molecule has 0 bridgehead atoms. The van der Waals surface area contributed by atoms with Crippen molar-refractivity contribution in [3.8, 4) is 0 Å². The van der Waals surface area contributed by atoms with Gasteiger partial charge >= 0.3 is 0 Å². The Hall–Kier alpha value is 0.310. The molecule has 1 aliphatic rings. The van der Waals surface area contributed by atoms with Crippen LogP contribution in [0, 0.1) is 0 Å². The summed E-state index contributed by atoms with van der Waals surface area (Å²) in [5.41, 5.74) is 0. The van der Waals surface area contributed by atoms with Gasteiger partial charge in [0.25, 0.3) is 0 Å². The number of hydrogen-bond acceptors (Lipinski definition) is 2. The molecule has 0 aromatic carbocycles. The number of hydrogen-bond donors (Lipinski definition) is 1. The fourth-order valence-corrected chi connectivity index (χ4v) is 1.84. The molecule has 42 valence electrons. The average Bonchev–Trinajstić information content (AvgIpc) is 1.87. The number of aliphatic hydroxyl groups excluding tert-OH is 1. The molecule has 0 spiro atoms. The second-order valence-electron chi connectivity index (χ2n) is 2.03. The monoisotopic (exact) mass is 118 g/mol. The van der Waals surface area contributed by atoms with Gasteiger partial charge in [0.05, 0.1) is 6.10 Å². The van der Waals surface area contributed by atoms with E-state index in [0.717, 1.165) is 12.2 Å². The van der Waals surface area contributed by atoms with E-state index in [-0.39, 0.29) is 6.10 Å². The number of aliphatic hydroxyl groups is 1. The SMILES string of the molecule is C[C@@H]1C[C@H](O)CS1. The minimum absolute atomic E-state index is 0.0139. The lowest BCUT2D eigenvalue weighted by atomic mass is 10.2. The predicted octanol–water partition coefficient (Wildman–Crippen LogP) is 0.873. The van der Waals surface area contributed by atoms with Crippen LogP contribution in [0.1, 0.15) is 13.3 Å². The van der Waals surface area contributed by atoms with Gasteiger partial charge in [-0.05, 0) is 6.42 Å². The quantitative estimate of drug-likeness (QED) is 0.509. The second-order valence-corrected chi connectivity index (χ2v) is 3.50. The lowest BCUT2D eigenvalue weighted by molar-refractivity contribution is 0.197. The zero-order valence-electron chi connectivity index (χ0n) is 4.42. The molecule has 1 nitrogen and oxygen atoms in total. The summed E-state index contributed by atoms with van der Waals surface area (Å²) in [6.07, 6.45) is 0.977. The minimum atomic E-state index is -0.0139. The van der Waals surface area contributed by atoms with Gasteiger partial charge in [0.2, 0.25) is 0 Å². The van der Waals surface area contributed by atoms with Gasteiger partial charge in [-0.2, -0.15) is 11.8 Å². The van der Waals surface area contributed by atoms with Gasteiger partial charge in [0.1, 0.15) is 0 Å². The third-order valence-corrected chi connectivity index (χ3v) is 2.52. The highest BCUT2D eigenvalue weighted by Crippen LogP contribution is 2.25. The van der Waals surface area contributed by atoms with Crippen LogP contribution in [-0.4, -0.2) is 22.2 Å². The summed E-state index contributed by atoms with van der Waals surface area (Å²) >= 11 is 1.86. The molecule has 0 radical (unpaired) electrons. The van der Waals surface area contributed by atoms with Crippen LogP contribution in [-0.2, 0) is 0 Å². The maximum absolute atomic E-state index is 8.88. The summed E-state index contributed by atoms with van der Waals surface area (Å²) in [6.45, 7) is 2.15. The molecule has 0 unspecified atom stereocenters. The molecule has 2 atom stereocenters. The van der Waals surface area contributed by atoms with E-state index >= 15 is 0 Å². The van der Waals surface area contributed by atoms with Gasteiger partial charge in [-0.1, -0.05) is 6.92 Å². The second kappa shape index (κ2) is 2.05. The predicted molar refractivity (Wildman–Crippen MR) is 32.5 cm³/mol. The molecule has 0 aromatic heterocycles. The Labute approximate surface area is 48.1 Å². The average molecular weight is 118 g/mol. The first kappa shape index (κ1) is 5.45. The van der Waals surface area contributed by atoms with Crippen LogP contribution < -0.4 is 0 Å². The van der Waals surface area contributed by atoms with Gasteiger partial charge in [-0.3, -0.25) is 0 Å². The van der Waals surface area contributed by atoms with Crippen LogP contribution in [0.5, 0.6) is 0 Å². The molecular weight excluding hydrogens is 108 g/mol. The van der Waals surface area contributed by atoms with Crippen molar-refractivity contribution in [3.05, 3.63) is 0 Å². The Bertz CT molecular complexity index is 57.1. The Balaban J connectivity index is 2.26. The van der Waals surface area contributed by atoms with E-state index in [1.165, 1.54) is 0 Å². The molecule has 7 heavy (non-hydrogen) atoms. The first-order valence-corrected chi connectivity index (χ1v) is 3.63. The Morgan fingerprint density at radius 3 is 2.57 bits per heavy atom. The molecule has 1 fully saturated rings. The molecule has 1 saturated heterocycles. The van der Waals surface area contributed by atoms with Gasteiger partial charge in [-0.25, -0.2) is 0 Å². The van der Waals surface area contributed by atoms with Crippen LogP contribution in [0.2, 0.25) is 0 Å². The molecule has 0 aliphatic carbocycles. The van der Waals surface area contributed by atoms with E-state index in [9.17, 15) is 0 Å². The fraction of sp³-hybridized carbons (Fsp3) is 1.00. The highest BCUT2D eigenvalue weighted by molar-refractivity contribution is 8.00. The Morgan fingerprint density at radius 2 is 2.43 bits per heavy atom. The molecule has 1 rings (SSSR count). The van der Waals surface area contributed by atoms with Crippen molar-refractivity contribution in [1.82, 2.24) is 0 Å². The summed E-state index contributed by atoms with van der Waals surface area (Å²) < 4.78 is 0. The molecular formula is C5H10OS. The third-order valence-electron chi connectivity index (χ3n) is 1.18. The van der Waals surface area contributed by atoms with E-state index in [4.69, 9.17) is 5.11 Å². The van der Waals surface area contributed by atoms with Gasteiger partial charge < -0.3 is 5.11 Å². The fourth-order valence-electron chi connectivity index (χ4n) is 0.795. The maximum Gasteiger partial charge on any atom is 0.0641 e. The van der Waals surface area contributed by atoms with Crippen molar-refractivity contribution in [2.45, 2.75) is 24.7 Å². The first-order valence-electron chi connectivity index (χ1n) is 2.58. The van der Waals surface area contributed by atoms with E-state index in [0.29, 0.717) is 5.25 Å². The van der Waals surface area contributed by atoms with Gasteiger partial charge in [0, 0.05) is 11.0 Å². The van der Waals surface area contributed by atoms with Crippen molar-refractivity contribution in [2.75, 3.05) is 5.75 Å². The van der Waals surface area contributed by atoms with Crippen LogP contribution >= 0.6 is 11.8 Å². The summed E-state index contributed by atoms with van der Waals surface area (Å²) in [6, 6.07) is 0. The summed E-state index contributed by atoms with van der Waals surface area (Å²) in [4.78, 5) is 0. The standard InChI is InChI=1S/C5H10OS/c1-4-2-5(6)3-7-4/h4-6H,2-3H2,1H3/t4-,5+/m1/s1. The highest BCUT2D eigenvalue weighted by Gasteiger charge is 2.18. The topological polar surface area (TPSA) is 20.2 Å². The Kier molecular flexibility index (Phi) is 1.60. The zero-order chi connectivity index (χ0) is 5.28. The van der Waals surface area contributed by atoms with E-state index in [1.807, 2.05) is 11.8 Å². The van der Waals surface area contributed by atoms with Gasteiger partial charge in [0.15, 0.2) is 0 Å². The minimum Gasteiger partial charge on any atom is -0.392 e. The van der Waals surface area contributed by atoms with Gasteiger partial charge in [-0.15, -0.1) is 0 Å². The summed E-state index contributed by atoms with van der Waals surface area (Å²) in [5.74, 6) is 0.946. The van der Waals surface area contributed by atoms with E-state index in [1.54, 1.807) is 0 Å². The third kappa shape index (κ3) is 1.35. The zero-order valence-corrected chi connectivity index (χ0v) is 5.24. The van der Waals surface area contributed by atoms with Crippen molar-refractivity contribution < 1.29 is 5.11 Å². The number of thioether (sulfide) groups is 1. The lowest BCUT2D eigenvalue weighted by Crippen LogP contribution is -2.03. The van der Waals surface area contributed by atoms with Crippen molar-refractivity contribution >= 4 is 11.8 Å².